The van der Waals surface area contributed by atoms with Gasteiger partial charge >= 0.3 is 0 Å². The smallest absolute Gasteiger partial charge is 0.149 e. The van der Waals surface area contributed by atoms with E-state index in [-0.39, 0.29) is 12.2 Å². The zero-order valence-corrected chi connectivity index (χ0v) is 12.0. The highest BCUT2D eigenvalue weighted by atomic mass is 35.5. The first-order valence-electron chi connectivity index (χ1n) is 6.65. The zero-order valence-electron chi connectivity index (χ0n) is 11.2. The third-order valence-corrected chi connectivity index (χ3v) is 3.53. The molecule has 1 fully saturated rings. The lowest BCUT2D eigenvalue weighted by Gasteiger charge is -2.37. The van der Waals surface area contributed by atoms with Crippen LogP contribution in [0.2, 0.25) is 5.15 Å². The Hall–Kier alpha value is -1.65. The summed E-state index contributed by atoms with van der Waals surface area (Å²) < 4.78 is 6.03. The number of aromatic nitrogens is 2. The largest absolute Gasteiger partial charge is 0.367 e. The van der Waals surface area contributed by atoms with E-state index in [9.17, 15) is 0 Å². The molecule has 1 aromatic carbocycles. The summed E-state index contributed by atoms with van der Waals surface area (Å²) in [6.07, 6.45) is 3.46. The molecule has 2 unspecified atom stereocenters. The lowest BCUT2D eigenvalue weighted by Crippen LogP contribution is -2.43. The van der Waals surface area contributed by atoms with Crippen LogP contribution >= 0.6 is 11.6 Å². The minimum Gasteiger partial charge on any atom is -0.367 e. The van der Waals surface area contributed by atoms with Crippen LogP contribution in [-0.2, 0) is 4.74 Å². The van der Waals surface area contributed by atoms with E-state index in [1.165, 1.54) is 5.56 Å². The van der Waals surface area contributed by atoms with E-state index in [4.69, 9.17) is 16.3 Å². The van der Waals surface area contributed by atoms with Crippen molar-refractivity contribution in [2.45, 2.75) is 19.1 Å². The maximum Gasteiger partial charge on any atom is 0.149 e. The molecule has 3 rings (SSSR count). The van der Waals surface area contributed by atoms with Gasteiger partial charge in [-0.3, -0.25) is 4.98 Å². The summed E-state index contributed by atoms with van der Waals surface area (Å²) in [4.78, 5) is 10.6. The van der Waals surface area contributed by atoms with Crippen molar-refractivity contribution >= 4 is 17.4 Å². The molecule has 0 spiro atoms. The summed E-state index contributed by atoms with van der Waals surface area (Å²) in [5.74, 6) is 0.800. The molecule has 4 nitrogen and oxygen atoms in total. The highest BCUT2D eigenvalue weighted by Gasteiger charge is 2.27. The van der Waals surface area contributed by atoms with Crippen LogP contribution in [0.15, 0.2) is 42.7 Å². The standard InChI is InChI=1S/C15H16ClN3O/c1-11-9-19(15-8-17-7-14(16)18-15)10-13(20-11)12-5-3-2-4-6-12/h2-8,11,13H,9-10H2,1H3. The van der Waals surface area contributed by atoms with Gasteiger partial charge in [0.05, 0.1) is 18.5 Å². The van der Waals surface area contributed by atoms with E-state index in [0.29, 0.717) is 5.15 Å². The molecule has 0 bridgehead atoms. The van der Waals surface area contributed by atoms with Crippen molar-refractivity contribution < 1.29 is 4.74 Å². The number of hydrogen-bond donors (Lipinski definition) is 0. The van der Waals surface area contributed by atoms with Gasteiger partial charge in [-0.1, -0.05) is 41.9 Å². The molecule has 2 atom stereocenters. The van der Waals surface area contributed by atoms with Crippen molar-refractivity contribution in [1.82, 2.24) is 9.97 Å². The van der Waals surface area contributed by atoms with E-state index in [1.807, 2.05) is 18.2 Å². The second kappa shape index (κ2) is 5.77. The molecular formula is C15H16ClN3O. The summed E-state index contributed by atoms with van der Waals surface area (Å²) in [6, 6.07) is 10.2. The predicted molar refractivity (Wildman–Crippen MR) is 79.0 cm³/mol. The van der Waals surface area contributed by atoms with Crippen molar-refractivity contribution in [3.63, 3.8) is 0 Å². The molecule has 104 valence electrons. The minimum atomic E-state index is 0.0423. The van der Waals surface area contributed by atoms with Crippen molar-refractivity contribution in [2.24, 2.45) is 0 Å². The van der Waals surface area contributed by atoms with Gasteiger partial charge in [-0.2, -0.15) is 0 Å². The Morgan fingerprint density at radius 3 is 2.75 bits per heavy atom. The number of morpholine rings is 1. The summed E-state index contributed by atoms with van der Waals surface area (Å²) >= 11 is 5.92. The number of benzene rings is 1. The first-order chi connectivity index (χ1) is 9.72. The first-order valence-corrected chi connectivity index (χ1v) is 7.03. The van der Waals surface area contributed by atoms with Crippen LogP contribution in [0, 0.1) is 0 Å². The van der Waals surface area contributed by atoms with E-state index >= 15 is 0 Å². The van der Waals surface area contributed by atoms with Gasteiger partial charge in [0.2, 0.25) is 0 Å². The molecule has 0 saturated carbocycles. The van der Waals surface area contributed by atoms with Crippen molar-refractivity contribution in [3.05, 3.63) is 53.4 Å². The molecule has 0 aliphatic carbocycles. The monoisotopic (exact) mass is 289 g/mol. The van der Waals surface area contributed by atoms with Gasteiger partial charge in [0.15, 0.2) is 0 Å². The van der Waals surface area contributed by atoms with Crippen LogP contribution in [0.1, 0.15) is 18.6 Å². The fourth-order valence-corrected chi connectivity index (χ4v) is 2.62. The molecule has 0 N–H and O–H groups in total. The van der Waals surface area contributed by atoms with Gasteiger partial charge in [0.25, 0.3) is 0 Å². The Morgan fingerprint density at radius 1 is 1.20 bits per heavy atom. The molecule has 1 saturated heterocycles. The van der Waals surface area contributed by atoms with Gasteiger partial charge in [-0.05, 0) is 12.5 Å². The fraction of sp³-hybridized carbons (Fsp3) is 0.333. The van der Waals surface area contributed by atoms with Gasteiger partial charge < -0.3 is 9.64 Å². The molecule has 1 aliphatic rings. The Bertz CT molecular complexity index is 578. The van der Waals surface area contributed by atoms with Crippen LogP contribution in [0.3, 0.4) is 0 Å². The van der Waals surface area contributed by atoms with E-state index in [2.05, 4.69) is 33.9 Å². The minimum absolute atomic E-state index is 0.0423. The maximum absolute atomic E-state index is 6.03. The van der Waals surface area contributed by atoms with Gasteiger partial charge in [-0.15, -0.1) is 0 Å². The van der Waals surface area contributed by atoms with E-state index < -0.39 is 0 Å². The average Bonchev–Trinajstić information content (AvgIpc) is 2.47. The zero-order chi connectivity index (χ0) is 13.9. The molecule has 0 radical (unpaired) electrons. The van der Waals surface area contributed by atoms with Gasteiger partial charge in [0.1, 0.15) is 17.1 Å². The first kappa shape index (κ1) is 13.3. The van der Waals surface area contributed by atoms with Crippen LogP contribution in [-0.4, -0.2) is 29.2 Å². The lowest BCUT2D eigenvalue weighted by atomic mass is 10.1. The topological polar surface area (TPSA) is 38.2 Å². The Kier molecular flexibility index (Phi) is 3.85. The van der Waals surface area contributed by atoms with Crippen LogP contribution in [0.25, 0.3) is 0 Å². The molecule has 20 heavy (non-hydrogen) atoms. The molecule has 5 heteroatoms. The number of halogens is 1. The van der Waals surface area contributed by atoms with Crippen molar-refractivity contribution in [3.8, 4) is 0 Å². The summed E-state index contributed by atoms with van der Waals surface area (Å²) in [7, 11) is 0. The normalized spacial score (nSPS) is 22.8. The van der Waals surface area contributed by atoms with Crippen molar-refractivity contribution in [2.75, 3.05) is 18.0 Å². The fourth-order valence-electron chi connectivity index (χ4n) is 2.48. The third-order valence-electron chi connectivity index (χ3n) is 3.35. The molecule has 2 aromatic rings. The predicted octanol–water partition coefficient (Wildman–Crippen LogP) is 3.10. The molecule has 1 aliphatic heterocycles. The summed E-state index contributed by atoms with van der Waals surface area (Å²) in [6.45, 7) is 3.61. The number of nitrogens with zero attached hydrogens (tertiary/aromatic N) is 3. The van der Waals surface area contributed by atoms with Gasteiger partial charge in [0, 0.05) is 13.1 Å². The molecule has 2 heterocycles. The molecule has 1 aromatic heterocycles. The number of ether oxygens (including phenoxy) is 1. The SMILES string of the molecule is CC1CN(c2cncc(Cl)n2)CC(c2ccccc2)O1. The molecule has 0 amide bonds. The quantitative estimate of drug-likeness (QED) is 0.851. The van der Waals surface area contributed by atoms with Gasteiger partial charge in [-0.25, -0.2) is 4.98 Å². The highest BCUT2D eigenvalue weighted by molar-refractivity contribution is 6.29. The second-order valence-electron chi connectivity index (χ2n) is 4.95. The van der Waals surface area contributed by atoms with Crippen LogP contribution in [0.5, 0.6) is 0 Å². The number of rotatable bonds is 2. The highest BCUT2D eigenvalue weighted by Crippen LogP contribution is 2.27. The molecular weight excluding hydrogens is 274 g/mol. The number of hydrogen-bond acceptors (Lipinski definition) is 4. The second-order valence-corrected chi connectivity index (χ2v) is 5.34. The van der Waals surface area contributed by atoms with E-state index in [1.54, 1.807) is 12.4 Å². The maximum atomic E-state index is 6.03. The lowest BCUT2D eigenvalue weighted by molar-refractivity contribution is -0.0176. The number of anilines is 1. The van der Waals surface area contributed by atoms with E-state index in [0.717, 1.165) is 18.9 Å². The summed E-state index contributed by atoms with van der Waals surface area (Å²) in [5, 5.41) is 0.415. The average molecular weight is 290 g/mol. The Morgan fingerprint density at radius 2 is 2.00 bits per heavy atom. The van der Waals surface area contributed by atoms with Crippen LogP contribution in [0.4, 0.5) is 5.82 Å². The third kappa shape index (κ3) is 2.92. The summed E-state index contributed by atoms with van der Waals surface area (Å²) in [5.41, 5.74) is 1.18. The Labute approximate surface area is 123 Å². The van der Waals surface area contributed by atoms with Crippen molar-refractivity contribution in [1.29, 1.82) is 0 Å². The Balaban J connectivity index is 1.83. The van der Waals surface area contributed by atoms with Crippen LogP contribution < -0.4 is 4.90 Å².